The smallest absolute Gasteiger partial charge is 0.155 e. The molecule has 0 spiro atoms. The second-order valence-corrected chi connectivity index (χ2v) is 5.63. The van der Waals surface area contributed by atoms with Crippen molar-refractivity contribution in [3.8, 4) is 11.5 Å². The summed E-state index contributed by atoms with van der Waals surface area (Å²) in [5, 5.41) is 11.8. The Balaban J connectivity index is 1.92. The summed E-state index contributed by atoms with van der Waals surface area (Å²) in [6.45, 7) is 2.11. The number of rotatable bonds is 2. The van der Waals surface area contributed by atoms with Crippen LogP contribution in [0.5, 0.6) is 0 Å². The van der Waals surface area contributed by atoms with Gasteiger partial charge in [0.1, 0.15) is 11.3 Å². The molecule has 4 aromatic rings. The molecule has 0 saturated carbocycles. The molecule has 2 aromatic heterocycles. The van der Waals surface area contributed by atoms with Crippen molar-refractivity contribution in [3.63, 3.8) is 0 Å². The van der Waals surface area contributed by atoms with Gasteiger partial charge >= 0.3 is 0 Å². The van der Waals surface area contributed by atoms with Crippen molar-refractivity contribution < 1.29 is 4.42 Å². The number of benzene rings is 2. The summed E-state index contributed by atoms with van der Waals surface area (Å²) in [6.07, 6.45) is 2.79. The molecule has 0 atom stereocenters. The fourth-order valence-electron chi connectivity index (χ4n) is 2.80. The predicted molar refractivity (Wildman–Crippen MR) is 92.2 cm³/mol. The maximum Gasteiger partial charge on any atom is 0.155 e. The highest BCUT2D eigenvalue weighted by molar-refractivity contribution is 5.85. The average Bonchev–Trinajstić information content (AvgIpc) is 2.61. The Morgan fingerprint density at radius 3 is 2.65 bits per heavy atom. The van der Waals surface area contributed by atoms with Crippen LogP contribution in [-0.4, -0.2) is 4.98 Å². The highest BCUT2D eigenvalue weighted by Crippen LogP contribution is 2.24. The van der Waals surface area contributed by atoms with Crippen LogP contribution >= 0.6 is 0 Å². The number of pyridine rings is 1. The molecule has 0 aliphatic carbocycles. The third-order valence-corrected chi connectivity index (χ3v) is 4.12. The molecular formula is C20H16N2O. The number of aromatic nitrogens is 1. The van der Waals surface area contributed by atoms with E-state index >= 15 is 0 Å². The quantitative estimate of drug-likeness (QED) is 0.584. The molecule has 2 aromatic carbocycles. The summed E-state index contributed by atoms with van der Waals surface area (Å²) in [5.74, 6) is 0.623. The van der Waals surface area contributed by atoms with Gasteiger partial charge in [-0.15, -0.1) is 0 Å². The van der Waals surface area contributed by atoms with E-state index in [1.165, 1.54) is 5.56 Å². The lowest BCUT2D eigenvalue weighted by Crippen LogP contribution is -2.02. The second kappa shape index (κ2) is 5.36. The fourth-order valence-corrected chi connectivity index (χ4v) is 2.80. The van der Waals surface area contributed by atoms with Crippen molar-refractivity contribution in [1.82, 2.24) is 4.98 Å². The SMILES string of the molecule is CCc1ccc2oc(-c3cc4ccccc4cn3)cc(=N)c2c1. The normalized spacial score (nSPS) is 11.2. The Bertz CT molecular complexity index is 1080. The maximum absolute atomic E-state index is 8.30. The molecule has 0 bridgehead atoms. The first-order chi connectivity index (χ1) is 11.2. The molecule has 23 heavy (non-hydrogen) atoms. The van der Waals surface area contributed by atoms with Gasteiger partial charge in [-0.25, -0.2) is 0 Å². The minimum Gasteiger partial charge on any atom is -0.454 e. The molecule has 3 heteroatoms. The number of nitrogens with one attached hydrogen (secondary N) is 1. The van der Waals surface area contributed by atoms with Gasteiger partial charge in [-0.1, -0.05) is 37.3 Å². The van der Waals surface area contributed by atoms with Crippen LogP contribution < -0.4 is 5.36 Å². The lowest BCUT2D eigenvalue weighted by Gasteiger charge is -2.06. The van der Waals surface area contributed by atoms with Crippen molar-refractivity contribution >= 4 is 21.7 Å². The van der Waals surface area contributed by atoms with E-state index in [1.807, 2.05) is 48.7 Å². The van der Waals surface area contributed by atoms with E-state index in [2.05, 4.69) is 18.0 Å². The summed E-state index contributed by atoms with van der Waals surface area (Å²) < 4.78 is 5.99. The van der Waals surface area contributed by atoms with Crippen LogP contribution in [0.1, 0.15) is 12.5 Å². The molecule has 0 aliphatic heterocycles. The van der Waals surface area contributed by atoms with Gasteiger partial charge in [-0.3, -0.25) is 10.4 Å². The molecule has 1 N–H and O–H groups in total. The Hall–Kier alpha value is -2.94. The highest BCUT2D eigenvalue weighted by Gasteiger charge is 2.08. The van der Waals surface area contributed by atoms with Gasteiger partial charge < -0.3 is 4.42 Å². The van der Waals surface area contributed by atoms with Crippen LogP contribution in [0.25, 0.3) is 33.2 Å². The molecule has 0 fully saturated rings. The molecule has 0 aliphatic rings. The first-order valence-electron chi connectivity index (χ1n) is 7.71. The van der Waals surface area contributed by atoms with Gasteiger partial charge in [-0.05, 0) is 35.6 Å². The first-order valence-corrected chi connectivity index (χ1v) is 7.71. The lowest BCUT2D eigenvalue weighted by atomic mass is 10.1. The number of hydrogen-bond acceptors (Lipinski definition) is 3. The highest BCUT2D eigenvalue weighted by atomic mass is 16.3. The van der Waals surface area contributed by atoms with E-state index in [4.69, 9.17) is 9.83 Å². The fraction of sp³-hybridized carbons (Fsp3) is 0.100. The van der Waals surface area contributed by atoms with Crippen molar-refractivity contribution in [3.05, 3.63) is 71.7 Å². The zero-order valence-corrected chi connectivity index (χ0v) is 12.8. The molecule has 2 heterocycles. The van der Waals surface area contributed by atoms with Crippen LogP contribution in [0.2, 0.25) is 0 Å². The topological polar surface area (TPSA) is 49.9 Å². The van der Waals surface area contributed by atoms with Gasteiger partial charge in [0, 0.05) is 23.0 Å². The van der Waals surface area contributed by atoms with Crippen LogP contribution in [0.3, 0.4) is 0 Å². The van der Waals surface area contributed by atoms with Gasteiger partial charge in [0.2, 0.25) is 0 Å². The summed E-state index contributed by atoms with van der Waals surface area (Å²) in [4.78, 5) is 4.48. The second-order valence-electron chi connectivity index (χ2n) is 5.63. The van der Waals surface area contributed by atoms with Crippen LogP contribution in [0, 0.1) is 5.41 Å². The number of aryl methyl sites for hydroxylation is 1. The van der Waals surface area contributed by atoms with Crippen molar-refractivity contribution in [2.75, 3.05) is 0 Å². The van der Waals surface area contributed by atoms with Crippen molar-refractivity contribution in [1.29, 1.82) is 5.41 Å². The van der Waals surface area contributed by atoms with E-state index in [9.17, 15) is 0 Å². The van der Waals surface area contributed by atoms with Crippen LogP contribution in [0.4, 0.5) is 0 Å². The number of hydrogen-bond donors (Lipinski definition) is 1. The summed E-state index contributed by atoms with van der Waals surface area (Å²) in [7, 11) is 0. The average molecular weight is 300 g/mol. The molecule has 0 amide bonds. The zero-order chi connectivity index (χ0) is 15.8. The monoisotopic (exact) mass is 300 g/mol. The van der Waals surface area contributed by atoms with E-state index in [0.717, 1.165) is 33.9 Å². The molecule has 0 unspecified atom stereocenters. The number of fused-ring (bicyclic) bond motifs is 2. The van der Waals surface area contributed by atoms with Gasteiger partial charge in [0.05, 0.1) is 5.36 Å². The standard InChI is InChI=1S/C20H16N2O/c1-2-13-7-8-19-16(9-13)17(21)11-20(23-19)18-10-14-5-3-4-6-15(14)12-22-18/h3-12,21H,2H2,1H3. The van der Waals surface area contributed by atoms with E-state index in [0.29, 0.717) is 11.1 Å². The maximum atomic E-state index is 8.30. The van der Waals surface area contributed by atoms with Gasteiger partial charge in [0.25, 0.3) is 0 Å². The molecular weight excluding hydrogens is 284 g/mol. The predicted octanol–water partition coefficient (Wildman–Crippen LogP) is 4.69. The summed E-state index contributed by atoms with van der Waals surface area (Å²) in [5.41, 5.74) is 2.68. The Kier molecular flexibility index (Phi) is 3.19. The minimum atomic E-state index is 0.464. The molecule has 3 nitrogen and oxygen atoms in total. The summed E-state index contributed by atoms with van der Waals surface area (Å²) in [6, 6.07) is 17.9. The Morgan fingerprint density at radius 1 is 1.00 bits per heavy atom. The van der Waals surface area contributed by atoms with Crippen LogP contribution in [-0.2, 0) is 6.42 Å². The summed E-state index contributed by atoms with van der Waals surface area (Å²) >= 11 is 0. The van der Waals surface area contributed by atoms with Gasteiger partial charge in [-0.2, -0.15) is 0 Å². The van der Waals surface area contributed by atoms with Gasteiger partial charge in [0.15, 0.2) is 5.76 Å². The zero-order valence-electron chi connectivity index (χ0n) is 12.8. The Morgan fingerprint density at radius 2 is 1.83 bits per heavy atom. The number of nitrogens with zero attached hydrogens (tertiary/aromatic N) is 1. The third-order valence-electron chi connectivity index (χ3n) is 4.12. The van der Waals surface area contributed by atoms with Crippen molar-refractivity contribution in [2.45, 2.75) is 13.3 Å². The largest absolute Gasteiger partial charge is 0.454 e. The third kappa shape index (κ3) is 2.40. The molecule has 4 rings (SSSR count). The van der Waals surface area contributed by atoms with Crippen LogP contribution in [0.15, 0.2) is 65.2 Å². The van der Waals surface area contributed by atoms with E-state index < -0.39 is 0 Å². The van der Waals surface area contributed by atoms with E-state index in [-0.39, 0.29) is 0 Å². The molecule has 112 valence electrons. The lowest BCUT2D eigenvalue weighted by molar-refractivity contribution is 0.615. The first kappa shape index (κ1) is 13.7. The molecule has 0 saturated heterocycles. The Labute approximate surface area is 133 Å². The van der Waals surface area contributed by atoms with Crippen molar-refractivity contribution in [2.24, 2.45) is 0 Å². The molecule has 0 radical (unpaired) electrons. The minimum absolute atomic E-state index is 0.464. The van der Waals surface area contributed by atoms with E-state index in [1.54, 1.807) is 6.07 Å².